The van der Waals surface area contributed by atoms with Gasteiger partial charge in [-0.3, -0.25) is 0 Å². The predicted octanol–water partition coefficient (Wildman–Crippen LogP) is 2.50. The van der Waals surface area contributed by atoms with E-state index < -0.39 is 0 Å². The van der Waals surface area contributed by atoms with Crippen molar-refractivity contribution >= 4 is 11.3 Å². The highest BCUT2D eigenvalue weighted by molar-refractivity contribution is 7.10. The van der Waals surface area contributed by atoms with E-state index >= 15 is 0 Å². The van der Waals surface area contributed by atoms with Crippen LogP contribution in [-0.4, -0.2) is 25.9 Å². The van der Waals surface area contributed by atoms with Crippen molar-refractivity contribution in [3.8, 4) is 0 Å². The normalized spacial score (nSPS) is 13.3. The second-order valence-electron chi connectivity index (χ2n) is 3.98. The summed E-state index contributed by atoms with van der Waals surface area (Å²) in [7, 11) is 0. The minimum absolute atomic E-state index is 0.00997. The van der Waals surface area contributed by atoms with E-state index in [1.54, 1.807) is 11.3 Å². The number of ether oxygens (including phenoxy) is 2. The van der Waals surface area contributed by atoms with E-state index in [0.717, 1.165) is 0 Å². The fourth-order valence-corrected chi connectivity index (χ4v) is 2.43. The highest BCUT2D eigenvalue weighted by Gasteiger charge is 2.13. The van der Waals surface area contributed by atoms with Crippen LogP contribution in [0.3, 0.4) is 0 Å². The Bertz CT molecular complexity index is 299. The zero-order valence-corrected chi connectivity index (χ0v) is 11.0. The van der Waals surface area contributed by atoms with E-state index in [0.29, 0.717) is 19.8 Å². The molecule has 0 radical (unpaired) electrons. The fourth-order valence-electron chi connectivity index (χ4n) is 1.44. The Morgan fingerprint density at radius 1 is 1.31 bits per heavy atom. The van der Waals surface area contributed by atoms with Crippen molar-refractivity contribution in [2.75, 3.05) is 19.8 Å². The Balaban J connectivity index is 2.36. The third kappa shape index (κ3) is 4.22. The molecule has 92 valence electrons. The number of rotatable bonds is 7. The second kappa shape index (κ2) is 7.01. The first-order chi connectivity index (χ1) is 7.65. The van der Waals surface area contributed by atoms with Gasteiger partial charge in [0.15, 0.2) is 0 Å². The molecule has 1 aromatic rings. The van der Waals surface area contributed by atoms with Crippen molar-refractivity contribution in [3.05, 3.63) is 21.9 Å². The summed E-state index contributed by atoms with van der Waals surface area (Å²) in [4.78, 5) is 1.23. The van der Waals surface area contributed by atoms with Crippen LogP contribution in [0.25, 0.3) is 0 Å². The predicted molar refractivity (Wildman–Crippen MR) is 67.9 cm³/mol. The van der Waals surface area contributed by atoms with E-state index in [-0.39, 0.29) is 12.2 Å². The molecule has 1 aromatic heterocycles. The van der Waals surface area contributed by atoms with Crippen LogP contribution >= 0.6 is 11.3 Å². The molecule has 0 aromatic carbocycles. The van der Waals surface area contributed by atoms with E-state index in [9.17, 15) is 0 Å². The summed E-state index contributed by atoms with van der Waals surface area (Å²) in [5.74, 6) is 0. The summed E-state index contributed by atoms with van der Waals surface area (Å²) < 4.78 is 11.1. The third-order valence-electron chi connectivity index (χ3n) is 2.26. The van der Waals surface area contributed by atoms with E-state index in [2.05, 4.69) is 18.4 Å². The largest absolute Gasteiger partial charge is 0.376 e. The molecule has 4 heteroatoms. The van der Waals surface area contributed by atoms with Crippen molar-refractivity contribution in [1.82, 2.24) is 0 Å². The number of hydrogen-bond donors (Lipinski definition) is 1. The minimum Gasteiger partial charge on any atom is -0.376 e. The first-order valence-corrected chi connectivity index (χ1v) is 6.50. The van der Waals surface area contributed by atoms with Gasteiger partial charge in [-0.2, -0.15) is 0 Å². The lowest BCUT2D eigenvalue weighted by Crippen LogP contribution is -2.18. The lowest BCUT2D eigenvalue weighted by atomic mass is 10.2. The number of nitrogens with two attached hydrogens (primary N) is 1. The van der Waals surface area contributed by atoms with Gasteiger partial charge in [0.25, 0.3) is 0 Å². The lowest BCUT2D eigenvalue weighted by Gasteiger charge is -2.16. The first-order valence-electron chi connectivity index (χ1n) is 5.62. The van der Waals surface area contributed by atoms with Gasteiger partial charge >= 0.3 is 0 Å². The molecule has 0 aliphatic rings. The van der Waals surface area contributed by atoms with Crippen LogP contribution in [0.4, 0.5) is 0 Å². The van der Waals surface area contributed by atoms with Crippen LogP contribution in [0, 0.1) is 6.92 Å². The maximum atomic E-state index is 5.73. The van der Waals surface area contributed by atoms with Gasteiger partial charge in [0.05, 0.1) is 19.3 Å². The van der Waals surface area contributed by atoms with Crippen molar-refractivity contribution in [2.45, 2.75) is 33.0 Å². The van der Waals surface area contributed by atoms with Crippen molar-refractivity contribution in [3.63, 3.8) is 0 Å². The van der Waals surface area contributed by atoms with Crippen molar-refractivity contribution < 1.29 is 9.47 Å². The molecule has 0 saturated carbocycles. The van der Waals surface area contributed by atoms with Gasteiger partial charge in [-0.15, -0.1) is 11.3 Å². The Morgan fingerprint density at radius 3 is 2.50 bits per heavy atom. The van der Waals surface area contributed by atoms with Gasteiger partial charge in [-0.25, -0.2) is 0 Å². The monoisotopic (exact) mass is 243 g/mol. The molecule has 2 N–H and O–H groups in total. The van der Waals surface area contributed by atoms with Gasteiger partial charge in [-0.1, -0.05) is 0 Å². The zero-order valence-electron chi connectivity index (χ0n) is 10.2. The van der Waals surface area contributed by atoms with E-state index in [1.165, 1.54) is 10.4 Å². The Labute approximate surface area is 102 Å². The summed E-state index contributed by atoms with van der Waals surface area (Å²) in [6.45, 7) is 7.86. The number of thiophene rings is 1. The molecule has 1 rings (SSSR count). The van der Waals surface area contributed by atoms with Crippen LogP contribution in [0.1, 0.15) is 30.4 Å². The molecule has 0 fully saturated rings. The number of aryl methyl sites for hydroxylation is 1. The van der Waals surface area contributed by atoms with Crippen LogP contribution in [-0.2, 0) is 9.47 Å². The van der Waals surface area contributed by atoms with Crippen LogP contribution < -0.4 is 5.73 Å². The molecular weight excluding hydrogens is 222 g/mol. The third-order valence-corrected chi connectivity index (χ3v) is 3.37. The summed E-state index contributed by atoms with van der Waals surface area (Å²) >= 11 is 1.70. The molecule has 0 saturated heterocycles. The molecule has 0 amide bonds. The standard InChI is InChI=1S/C12H21NO2S/c1-9(2)14-5-6-15-11(8-13)12-10(3)4-7-16-12/h4,7,9,11H,5-6,8,13H2,1-3H3. The molecule has 0 aliphatic carbocycles. The van der Waals surface area contributed by atoms with Gasteiger partial charge in [-0.05, 0) is 37.8 Å². The second-order valence-corrected chi connectivity index (χ2v) is 4.93. The Hall–Kier alpha value is -0.420. The average Bonchev–Trinajstić information content (AvgIpc) is 2.65. The molecule has 1 unspecified atom stereocenters. The lowest BCUT2D eigenvalue weighted by molar-refractivity contribution is -0.00949. The average molecular weight is 243 g/mol. The molecule has 3 nitrogen and oxygen atoms in total. The maximum absolute atomic E-state index is 5.73. The summed E-state index contributed by atoms with van der Waals surface area (Å²) in [6.07, 6.45) is 0.263. The molecule has 1 atom stereocenters. The Morgan fingerprint density at radius 2 is 2.00 bits per heavy atom. The molecule has 0 aliphatic heterocycles. The molecule has 0 bridgehead atoms. The first kappa shape index (κ1) is 13.6. The zero-order chi connectivity index (χ0) is 12.0. The van der Waals surface area contributed by atoms with Crippen molar-refractivity contribution in [1.29, 1.82) is 0 Å². The van der Waals surface area contributed by atoms with Crippen LogP contribution in [0.5, 0.6) is 0 Å². The van der Waals surface area contributed by atoms with Gasteiger partial charge in [0, 0.05) is 11.4 Å². The summed E-state index contributed by atoms with van der Waals surface area (Å²) in [5.41, 5.74) is 6.97. The minimum atomic E-state index is 0.00997. The van der Waals surface area contributed by atoms with Crippen LogP contribution in [0.2, 0.25) is 0 Å². The van der Waals surface area contributed by atoms with E-state index in [1.807, 2.05) is 13.8 Å². The smallest absolute Gasteiger partial charge is 0.104 e. The highest BCUT2D eigenvalue weighted by Crippen LogP contribution is 2.25. The van der Waals surface area contributed by atoms with Gasteiger partial charge in [0.2, 0.25) is 0 Å². The van der Waals surface area contributed by atoms with E-state index in [4.69, 9.17) is 15.2 Å². The van der Waals surface area contributed by atoms with Gasteiger partial charge < -0.3 is 15.2 Å². The highest BCUT2D eigenvalue weighted by atomic mass is 32.1. The van der Waals surface area contributed by atoms with Gasteiger partial charge in [0.1, 0.15) is 6.10 Å². The fraction of sp³-hybridized carbons (Fsp3) is 0.667. The number of hydrogen-bond acceptors (Lipinski definition) is 4. The molecule has 1 heterocycles. The quantitative estimate of drug-likeness (QED) is 0.748. The molecule has 16 heavy (non-hydrogen) atoms. The SMILES string of the molecule is Cc1ccsc1C(CN)OCCOC(C)C. The maximum Gasteiger partial charge on any atom is 0.104 e. The summed E-state index contributed by atoms with van der Waals surface area (Å²) in [6, 6.07) is 2.09. The van der Waals surface area contributed by atoms with Crippen LogP contribution in [0.15, 0.2) is 11.4 Å². The molecule has 0 spiro atoms. The van der Waals surface area contributed by atoms with Crippen molar-refractivity contribution in [2.24, 2.45) is 5.73 Å². The Kier molecular flexibility index (Phi) is 5.98. The topological polar surface area (TPSA) is 44.5 Å². The molecular formula is C12H21NO2S. The summed E-state index contributed by atoms with van der Waals surface area (Å²) in [5, 5.41) is 2.07.